The fraction of sp³-hybridized carbons (Fsp3) is 0.409. The molecule has 31 heavy (non-hydrogen) atoms. The van der Waals surface area contributed by atoms with E-state index in [1.165, 1.54) is 18.5 Å². The van der Waals surface area contributed by atoms with Crippen LogP contribution >= 0.6 is 0 Å². The van der Waals surface area contributed by atoms with E-state index in [1.807, 2.05) is 31.2 Å². The molecule has 0 spiro atoms. The molecule has 0 saturated heterocycles. The molecule has 1 heterocycles. The van der Waals surface area contributed by atoms with Crippen molar-refractivity contribution in [3.05, 3.63) is 46.8 Å². The average molecular weight is 424 g/mol. The van der Waals surface area contributed by atoms with Gasteiger partial charge in [0.25, 0.3) is 5.91 Å². The molecule has 3 rings (SSSR count). The molecule has 2 aromatic rings. The van der Waals surface area contributed by atoms with Crippen LogP contribution in [0, 0.1) is 24.7 Å². The number of primary amides is 1. The fourth-order valence-electron chi connectivity index (χ4n) is 3.62. The molecule has 162 valence electrons. The summed E-state index contributed by atoms with van der Waals surface area (Å²) in [5, 5.41) is 8.01. The Balaban J connectivity index is 1.96. The van der Waals surface area contributed by atoms with Crippen molar-refractivity contribution < 1.29 is 23.9 Å². The number of benzene rings is 1. The Labute approximate surface area is 179 Å². The standard InChI is InChI=1S/C22H24N4O5/c1-13-4-6-16(7-5-13)8-9-18-21(22(23)29)24-25-26(18)19-10-17(12-30-14(2)27)11-20(19)31-15(3)28/h4-7,17,19-20H,10-12H2,1-3H3,(H2,23,29)/t17-,19+,20+/m1/s1. The molecule has 3 atom stereocenters. The van der Waals surface area contributed by atoms with E-state index in [9.17, 15) is 14.4 Å². The molecule has 1 aliphatic rings. The Morgan fingerprint density at radius 2 is 1.84 bits per heavy atom. The van der Waals surface area contributed by atoms with E-state index in [4.69, 9.17) is 15.2 Å². The summed E-state index contributed by atoms with van der Waals surface area (Å²) < 4.78 is 12.1. The minimum absolute atomic E-state index is 0.0441. The Hall–Kier alpha value is -3.67. The number of esters is 2. The Kier molecular flexibility index (Phi) is 6.70. The van der Waals surface area contributed by atoms with Crippen molar-refractivity contribution in [1.82, 2.24) is 15.0 Å². The third-order valence-electron chi connectivity index (χ3n) is 5.03. The second-order valence-electron chi connectivity index (χ2n) is 7.57. The van der Waals surface area contributed by atoms with Crippen LogP contribution in [-0.2, 0) is 19.1 Å². The summed E-state index contributed by atoms with van der Waals surface area (Å²) in [7, 11) is 0. The highest BCUT2D eigenvalue weighted by molar-refractivity contribution is 5.92. The molecule has 1 aromatic carbocycles. The lowest BCUT2D eigenvalue weighted by molar-refractivity contribution is -0.148. The summed E-state index contributed by atoms with van der Waals surface area (Å²) in [6.45, 7) is 4.84. The van der Waals surface area contributed by atoms with Gasteiger partial charge in [0.2, 0.25) is 0 Å². The minimum Gasteiger partial charge on any atom is -0.466 e. The van der Waals surface area contributed by atoms with Gasteiger partial charge in [-0.3, -0.25) is 14.4 Å². The predicted molar refractivity (Wildman–Crippen MR) is 110 cm³/mol. The van der Waals surface area contributed by atoms with Gasteiger partial charge in [-0.25, -0.2) is 4.68 Å². The second kappa shape index (κ2) is 9.43. The number of hydrogen-bond acceptors (Lipinski definition) is 7. The van der Waals surface area contributed by atoms with Gasteiger partial charge in [-0.1, -0.05) is 28.8 Å². The summed E-state index contributed by atoms with van der Waals surface area (Å²) in [5.41, 5.74) is 7.53. The molecule has 9 heteroatoms. The molecule has 0 aliphatic heterocycles. The second-order valence-corrected chi connectivity index (χ2v) is 7.57. The van der Waals surface area contributed by atoms with E-state index in [-0.39, 0.29) is 29.9 Å². The van der Waals surface area contributed by atoms with E-state index < -0.39 is 24.0 Å². The molecular weight excluding hydrogens is 400 g/mol. The maximum Gasteiger partial charge on any atom is 0.302 e. The lowest BCUT2D eigenvalue weighted by atomic mass is 10.1. The van der Waals surface area contributed by atoms with Crippen molar-refractivity contribution in [3.63, 3.8) is 0 Å². The lowest BCUT2D eigenvalue weighted by Crippen LogP contribution is -2.26. The average Bonchev–Trinajstić information content (AvgIpc) is 3.29. The molecule has 9 nitrogen and oxygen atoms in total. The Morgan fingerprint density at radius 1 is 1.13 bits per heavy atom. The van der Waals surface area contributed by atoms with Crippen molar-refractivity contribution in [2.75, 3.05) is 6.61 Å². The molecule has 1 fully saturated rings. The third-order valence-corrected chi connectivity index (χ3v) is 5.03. The van der Waals surface area contributed by atoms with Gasteiger partial charge in [-0.2, -0.15) is 0 Å². The number of hydrogen-bond donors (Lipinski definition) is 1. The number of carbonyl (C=O) groups is 3. The van der Waals surface area contributed by atoms with Crippen LogP contribution < -0.4 is 5.73 Å². The number of aryl methyl sites for hydroxylation is 1. The van der Waals surface area contributed by atoms with Crippen LogP contribution in [0.1, 0.15) is 60.0 Å². The maximum absolute atomic E-state index is 11.9. The van der Waals surface area contributed by atoms with E-state index in [0.717, 1.165) is 11.1 Å². The van der Waals surface area contributed by atoms with Gasteiger partial charge >= 0.3 is 11.9 Å². The van der Waals surface area contributed by atoms with E-state index in [0.29, 0.717) is 12.8 Å². The largest absolute Gasteiger partial charge is 0.466 e. The van der Waals surface area contributed by atoms with Crippen LogP contribution in [0.25, 0.3) is 0 Å². The van der Waals surface area contributed by atoms with Gasteiger partial charge in [0.15, 0.2) is 5.69 Å². The predicted octanol–water partition coefficient (Wildman–Crippen LogP) is 1.53. The van der Waals surface area contributed by atoms with Gasteiger partial charge in [0.1, 0.15) is 11.8 Å². The molecule has 0 radical (unpaired) electrons. The van der Waals surface area contributed by atoms with Gasteiger partial charge in [-0.05, 0) is 43.7 Å². The highest BCUT2D eigenvalue weighted by atomic mass is 16.5. The molecule has 1 amide bonds. The molecule has 1 aromatic heterocycles. The molecular formula is C22H24N4O5. The van der Waals surface area contributed by atoms with Crippen LogP contribution in [0.4, 0.5) is 0 Å². The Bertz CT molecular complexity index is 1050. The highest BCUT2D eigenvalue weighted by Crippen LogP contribution is 2.37. The summed E-state index contributed by atoms with van der Waals surface area (Å²) in [6.07, 6.45) is 0.459. The van der Waals surface area contributed by atoms with E-state index in [2.05, 4.69) is 22.2 Å². The quantitative estimate of drug-likeness (QED) is 0.570. The summed E-state index contributed by atoms with van der Waals surface area (Å²) in [6, 6.07) is 7.18. The highest BCUT2D eigenvalue weighted by Gasteiger charge is 2.40. The summed E-state index contributed by atoms with van der Waals surface area (Å²) in [5.74, 6) is 4.34. The van der Waals surface area contributed by atoms with Crippen molar-refractivity contribution in [3.8, 4) is 11.8 Å². The first-order valence-electron chi connectivity index (χ1n) is 9.89. The van der Waals surface area contributed by atoms with E-state index in [1.54, 1.807) is 0 Å². The molecule has 0 unspecified atom stereocenters. The molecule has 1 aliphatic carbocycles. The number of ether oxygens (including phenoxy) is 2. The summed E-state index contributed by atoms with van der Waals surface area (Å²) >= 11 is 0. The number of nitrogens with zero attached hydrogens (tertiary/aromatic N) is 3. The van der Waals surface area contributed by atoms with Gasteiger partial charge in [0, 0.05) is 19.4 Å². The first-order chi connectivity index (χ1) is 14.7. The van der Waals surface area contributed by atoms with Gasteiger partial charge in [0.05, 0.1) is 12.6 Å². The number of carbonyl (C=O) groups excluding carboxylic acids is 3. The zero-order valence-electron chi connectivity index (χ0n) is 17.6. The third kappa shape index (κ3) is 5.48. The van der Waals surface area contributed by atoms with Crippen LogP contribution in [-0.4, -0.2) is 45.6 Å². The Morgan fingerprint density at radius 3 is 2.45 bits per heavy atom. The van der Waals surface area contributed by atoms with Crippen molar-refractivity contribution in [2.45, 2.75) is 45.8 Å². The lowest BCUT2D eigenvalue weighted by Gasteiger charge is -2.19. The number of nitrogens with two attached hydrogens (primary N) is 1. The maximum atomic E-state index is 11.9. The van der Waals surface area contributed by atoms with Crippen LogP contribution in [0.2, 0.25) is 0 Å². The number of rotatable bonds is 5. The molecule has 1 saturated carbocycles. The first kappa shape index (κ1) is 22.0. The SMILES string of the molecule is CC(=O)OC[C@H]1C[C@H](OC(C)=O)[C@@H](n2nnc(C(N)=O)c2C#Cc2ccc(C)cc2)C1. The normalized spacial score (nSPS) is 19.9. The molecule has 0 bridgehead atoms. The fourth-order valence-corrected chi connectivity index (χ4v) is 3.62. The minimum atomic E-state index is -0.752. The van der Waals surface area contributed by atoms with Gasteiger partial charge in [-0.15, -0.1) is 5.10 Å². The van der Waals surface area contributed by atoms with Crippen LogP contribution in [0.3, 0.4) is 0 Å². The van der Waals surface area contributed by atoms with Crippen LogP contribution in [0.5, 0.6) is 0 Å². The number of aromatic nitrogens is 3. The van der Waals surface area contributed by atoms with Crippen molar-refractivity contribution in [1.29, 1.82) is 0 Å². The smallest absolute Gasteiger partial charge is 0.302 e. The van der Waals surface area contributed by atoms with Crippen molar-refractivity contribution in [2.24, 2.45) is 11.7 Å². The van der Waals surface area contributed by atoms with Crippen LogP contribution in [0.15, 0.2) is 24.3 Å². The zero-order valence-corrected chi connectivity index (χ0v) is 17.6. The first-order valence-corrected chi connectivity index (χ1v) is 9.89. The zero-order chi connectivity index (χ0) is 22.5. The monoisotopic (exact) mass is 424 g/mol. The molecule has 2 N–H and O–H groups in total. The topological polar surface area (TPSA) is 126 Å². The number of amides is 1. The summed E-state index contributed by atoms with van der Waals surface area (Å²) in [4.78, 5) is 34.7. The van der Waals surface area contributed by atoms with Gasteiger partial charge < -0.3 is 15.2 Å². The van der Waals surface area contributed by atoms with Crippen molar-refractivity contribution >= 4 is 17.8 Å². The van der Waals surface area contributed by atoms with E-state index >= 15 is 0 Å².